The minimum atomic E-state index is 0.0238. The van der Waals surface area contributed by atoms with Crippen LogP contribution in [0.3, 0.4) is 0 Å². The van der Waals surface area contributed by atoms with Crippen molar-refractivity contribution >= 4 is 57.2 Å². The molecule has 0 saturated carbocycles. The summed E-state index contributed by atoms with van der Waals surface area (Å²) >= 11 is 0. The summed E-state index contributed by atoms with van der Waals surface area (Å²) in [4.78, 5) is 5.07. The molecule has 0 aliphatic carbocycles. The molecule has 2 aliphatic heterocycles. The van der Waals surface area contributed by atoms with Gasteiger partial charge in [0.2, 0.25) is 0 Å². The monoisotopic (exact) mass is 644 g/mol. The number of nitrogens with zero attached hydrogens (tertiary/aromatic N) is 2. The van der Waals surface area contributed by atoms with E-state index >= 15 is 0 Å². The molecule has 0 radical (unpaired) electrons. The zero-order valence-electron chi connectivity index (χ0n) is 31.8. The van der Waals surface area contributed by atoms with E-state index < -0.39 is 0 Å². The van der Waals surface area contributed by atoms with Gasteiger partial charge in [-0.15, -0.1) is 0 Å². The van der Waals surface area contributed by atoms with Gasteiger partial charge in [0.1, 0.15) is 0 Å². The Labute approximate surface area is 296 Å². The van der Waals surface area contributed by atoms with E-state index in [0.29, 0.717) is 0 Å². The molecule has 0 amide bonds. The fourth-order valence-electron chi connectivity index (χ4n) is 7.65. The molecular formula is C46H53BN2. The summed E-state index contributed by atoms with van der Waals surface area (Å²) in [5, 5.41) is 0. The number of fused-ring (bicyclic) bond motifs is 4. The van der Waals surface area contributed by atoms with Gasteiger partial charge < -0.3 is 9.80 Å². The molecule has 3 heteroatoms. The smallest absolute Gasteiger partial charge is 0.252 e. The van der Waals surface area contributed by atoms with E-state index in [9.17, 15) is 0 Å². The molecular weight excluding hydrogens is 591 g/mol. The van der Waals surface area contributed by atoms with E-state index in [-0.39, 0.29) is 28.4 Å². The SMILES string of the molecule is CC(C)(C)c1ccc(N2c3ccc(C(C)(C)C)cc3B3c4ccc(C(C)(C)C)cc4N(c4cccc(C(C)(C)C)c4)c4cccc2c43)cc1. The van der Waals surface area contributed by atoms with E-state index in [1.165, 1.54) is 72.8 Å². The second-order valence-electron chi connectivity index (χ2n) is 18.5. The first kappa shape index (κ1) is 33.3. The highest BCUT2D eigenvalue weighted by molar-refractivity contribution is 7.00. The second-order valence-corrected chi connectivity index (χ2v) is 18.5. The number of hydrogen-bond acceptors (Lipinski definition) is 2. The minimum absolute atomic E-state index is 0.0238. The standard InChI is InChI=1S/C46H53BN2/c1-43(2,3)30-19-23-34(24-20-30)48-38-26-22-32(45(7,8)9)28-37(38)47-36-25-21-33(46(10,11)12)29-41(36)49(40-18-14-17-39(48)42(40)47)35-16-13-15-31(27-35)44(4,5)6/h13-29H,1-12H3. The van der Waals surface area contributed by atoms with E-state index in [2.05, 4.69) is 196 Å². The van der Waals surface area contributed by atoms with Gasteiger partial charge in [-0.1, -0.05) is 138 Å². The molecule has 250 valence electrons. The van der Waals surface area contributed by atoms with Crippen LogP contribution in [0.4, 0.5) is 34.1 Å². The van der Waals surface area contributed by atoms with Gasteiger partial charge in [0.15, 0.2) is 0 Å². The van der Waals surface area contributed by atoms with Crippen LogP contribution in [0.25, 0.3) is 0 Å². The number of anilines is 6. The van der Waals surface area contributed by atoms with Gasteiger partial charge in [0, 0.05) is 34.1 Å². The van der Waals surface area contributed by atoms with Crippen molar-refractivity contribution in [2.75, 3.05) is 9.80 Å². The average molecular weight is 645 g/mol. The third-order valence-electron chi connectivity index (χ3n) is 10.7. The fraction of sp³-hybridized carbons (Fsp3) is 0.348. The van der Waals surface area contributed by atoms with Crippen LogP contribution in [-0.2, 0) is 21.7 Å². The third kappa shape index (κ3) is 5.70. The number of rotatable bonds is 2. The molecule has 0 bridgehead atoms. The van der Waals surface area contributed by atoms with E-state index in [1.807, 2.05) is 0 Å². The van der Waals surface area contributed by atoms with Crippen LogP contribution in [-0.4, -0.2) is 6.71 Å². The maximum Gasteiger partial charge on any atom is 0.252 e. The summed E-state index contributed by atoms with van der Waals surface area (Å²) in [7, 11) is 0. The van der Waals surface area contributed by atoms with Crippen molar-refractivity contribution in [3.8, 4) is 0 Å². The number of benzene rings is 5. The Kier molecular flexibility index (Phi) is 7.56. The molecule has 0 N–H and O–H groups in total. The minimum Gasteiger partial charge on any atom is -0.311 e. The van der Waals surface area contributed by atoms with Gasteiger partial charge in [-0.05, 0) is 109 Å². The van der Waals surface area contributed by atoms with Gasteiger partial charge in [-0.3, -0.25) is 0 Å². The van der Waals surface area contributed by atoms with Crippen molar-refractivity contribution in [1.29, 1.82) is 0 Å². The highest BCUT2D eigenvalue weighted by Crippen LogP contribution is 2.45. The highest BCUT2D eigenvalue weighted by atomic mass is 15.2. The van der Waals surface area contributed by atoms with E-state index in [0.717, 1.165) is 0 Å². The summed E-state index contributed by atoms with van der Waals surface area (Å²) in [5.74, 6) is 0. The van der Waals surface area contributed by atoms with Gasteiger partial charge in [0.25, 0.3) is 6.71 Å². The van der Waals surface area contributed by atoms with Crippen LogP contribution in [0.15, 0.2) is 103 Å². The van der Waals surface area contributed by atoms with E-state index in [4.69, 9.17) is 0 Å². The van der Waals surface area contributed by atoms with Gasteiger partial charge in [-0.2, -0.15) is 0 Å². The summed E-state index contributed by atoms with van der Waals surface area (Å²) in [6, 6.07) is 39.9. The predicted molar refractivity (Wildman–Crippen MR) is 215 cm³/mol. The lowest BCUT2D eigenvalue weighted by Crippen LogP contribution is -2.61. The fourth-order valence-corrected chi connectivity index (χ4v) is 7.65. The molecule has 0 saturated heterocycles. The summed E-state index contributed by atoms with van der Waals surface area (Å²) in [6.45, 7) is 27.8. The first-order valence-corrected chi connectivity index (χ1v) is 18.1. The molecule has 2 aliphatic rings. The van der Waals surface area contributed by atoms with Crippen LogP contribution in [0, 0.1) is 0 Å². The first-order valence-electron chi connectivity index (χ1n) is 18.1. The summed E-state index contributed by atoms with van der Waals surface area (Å²) < 4.78 is 0. The predicted octanol–water partition coefficient (Wildman–Crippen LogP) is 11.0. The molecule has 49 heavy (non-hydrogen) atoms. The molecule has 5 aromatic rings. The van der Waals surface area contributed by atoms with Crippen molar-refractivity contribution in [1.82, 2.24) is 0 Å². The zero-order chi connectivity index (χ0) is 35.3. The van der Waals surface area contributed by atoms with Gasteiger partial charge >= 0.3 is 0 Å². The Morgan fingerprint density at radius 1 is 0.367 bits per heavy atom. The Balaban J connectivity index is 1.56. The van der Waals surface area contributed by atoms with Crippen molar-refractivity contribution in [2.24, 2.45) is 0 Å². The van der Waals surface area contributed by atoms with Crippen molar-refractivity contribution in [2.45, 2.75) is 105 Å². The lowest BCUT2D eigenvalue weighted by atomic mass is 9.33. The normalized spacial score (nSPS) is 14.4. The van der Waals surface area contributed by atoms with Crippen LogP contribution >= 0.6 is 0 Å². The lowest BCUT2D eigenvalue weighted by Gasteiger charge is -2.45. The van der Waals surface area contributed by atoms with Crippen LogP contribution < -0.4 is 26.2 Å². The molecule has 0 aromatic heterocycles. The molecule has 0 unspecified atom stereocenters. The zero-order valence-corrected chi connectivity index (χ0v) is 31.8. The summed E-state index contributed by atoms with van der Waals surface area (Å²) in [5.41, 5.74) is 17.2. The maximum atomic E-state index is 2.55. The van der Waals surface area contributed by atoms with Crippen LogP contribution in [0.5, 0.6) is 0 Å². The Morgan fingerprint density at radius 2 is 0.857 bits per heavy atom. The van der Waals surface area contributed by atoms with Crippen molar-refractivity contribution < 1.29 is 0 Å². The number of hydrogen-bond donors (Lipinski definition) is 0. The molecule has 0 spiro atoms. The quantitative estimate of drug-likeness (QED) is 0.173. The average Bonchev–Trinajstić information content (AvgIpc) is 3.02. The topological polar surface area (TPSA) is 6.48 Å². The Bertz CT molecular complexity index is 2060. The lowest BCUT2D eigenvalue weighted by molar-refractivity contribution is 0.589. The van der Waals surface area contributed by atoms with Crippen LogP contribution in [0.2, 0.25) is 0 Å². The Morgan fingerprint density at radius 3 is 1.45 bits per heavy atom. The van der Waals surface area contributed by atoms with Crippen molar-refractivity contribution in [3.05, 3.63) is 125 Å². The molecule has 0 atom stereocenters. The largest absolute Gasteiger partial charge is 0.311 e. The maximum absolute atomic E-state index is 2.55. The Hall–Kier alpha value is -4.24. The molecule has 2 heterocycles. The highest BCUT2D eigenvalue weighted by Gasteiger charge is 2.44. The molecule has 7 rings (SSSR count). The molecule has 5 aromatic carbocycles. The summed E-state index contributed by atoms with van der Waals surface area (Å²) in [6.07, 6.45) is 0. The first-order chi connectivity index (χ1) is 22.8. The molecule has 2 nitrogen and oxygen atoms in total. The third-order valence-corrected chi connectivity index (χ3v) is 10.7. The molecule has 0 fully saturated rings. The van der Waals surface area contributed by atoms with Gasteiger partial charge in [-0.25, -0.2) is 0 Å². The van der Waals surface area contributed by atoms with E-state index in [1.54, 1.807) is 0 Å². The van der Waals surface area contributed by atoms with Gasteiger partial charge in [0.05, 0.1) is 0 Å². The van der Waals surface area contributed by atoms with Crippen LogP contribution in [0.1, 0.15) is 105 Å². The second kappa shape index (κ2) is 11.1. The van der Waals surface area contributed by atoms with Crippen molar-refractivity contribution in [3.63, 3.8) is 0 Å².